The van der Waals surface area contributed by atoms with Crippen molar-refractivity contribution in [3.8, 4) is 10.4 Å². The number of benzene rings is 2. The Balaban J connectivity index is 1.25. The summed E-state index contributed by atoms with van der Waals surface area (Å²) in [6.07, 6.45) is 2.50. The molecule has 1 aliphatic rings. The van der Waals surface area contributed by atoms with Crippen LogP contribution in [0.3, 0.4) is 0 Å². The van der Waals surface area contributed by atoms with Gasteiger partial charge in [0.15, 0.2) is 0 Å². The highest BCUT2D eigenvalue weighted by Crippen LogP contribution is 2.29. The van der Waals surface area contributed by atoms with Gasteiger partial charge in [-0.2, -0.15) is 0 Å². The highest BCUT2D eigenvalue weighted by molar-refractivity contribution is 7.13. The minimum Gasteiger partial charge on any atom is -0.391 e. The molecule has 0 bridgehead atoms. The van der Waals surface area contributed by atoms with Gasteiger partial charge in [-0.25, -0.2) is 4.98 Å². The van der Waals surface area contributed by atoms with Crippen LogP contribution in [0, 0.1) is 12.3 Å². The predicted molar refractivity (Wildman–Crippen MR) is 206 cm³/mol. The van der Waals surface area contributed by atoms with E-state index >= 15 is 0 Å². The van der Waals surface area contributed by atoms with Gasteiger partial charge < -0.3 is 36.8 Å². The fourth-order valence-electron chi connectivity index (χ4n) is 6.40. The van der Waals surface area contributed by atoms with E-state index in [-0.39, 0.29) is 61.5 Å². The number of ether oxygens (including phenoxy) is 1. The van der Waals surface area contributed by atoms with Gasteiger partial charge in [0, 0.05) is 31.8 Å². The van der Waals surface area contributed by atoms with E-state index in [9.17, 15) is 24.3 Å². The standard InChI is InChI=1S/C40H56N6O6S/c1-25(29-14-16-30(17-15-29)36-26(2)43-24-53-36)44-38(50)33-20-32(47)21-46(33)39(51)37(40(3,4)5)45-35(49)9-7-6-8-27-10-12-28(13-11-27)22-52-23-31(41)18-19-34(42)48/h10-17,24-25,31-33,37,47H,6-9,18-23,41H2,1-5H3,(H2,42,48)(H,44,50)(H,45,49)/t25-,31?,32+,33-,37+/m0/s1. The van der Waals surface area contributed by atoms with Crippen molar-refractivity contribution in [2.45, 2.75) is 116 Å². The summed E-state index contributed by atoms with van der Waals surface area (Å²) in [6, 6.07) is 13.8. The number of aromatic nitrogens is 1. The molecule has 53 heavy (non-hydrogen) atoms. The summed E-state index contributed by atoms with van der Waals surface area (Å²) >= 11 is 1.58. The van der Waals surface area contributed by atoms with Crippen molar-refractivity contribution in [2.24, 2.45) is 16.9 Å². The van der Waals surface area contributed by atoms with Gasteiger partial charge in [-0.05, 0) is 67.2 Å². The Morgan fingerprint density at radius 3 is 2.32 bits per heavy atom. The maximum atomic E-state index is 14.0. The second-order valence-electron chi connectivity index (χ2n) is 15.2. The number of thiazole rings is 1. The van der Waals surface area contributed by atoms with Gasteiger partial charge in [0.25, 0.3) is 0 Å². The van der Waals surface area contributed by atoms with E-state index in [4.69, 9.17) is 16.2 Å². The van der Waals surface area contributed by atoms with Crippen molar-refractivity contribution in [1.29, 1.82) is 0 Å². The van der Waals surface area contributed by atoms with Gasteiger partial charge in [-0.1, -0.05) is 69.3 Å². The topological polar surface area (TPSA) is 190 Å². The number of aliphatic hydroxyl groups is 1. The van der Waals surface area contributed by atoms with E-state index in [1.54, 1.807) is 11.3 Å². The number of hydrogen-bond acceptors (Lipinski definition) is 9. The van der Waals surface area contributed by atoms with Crippen molar-refractivity contribution in [3.05, 3.63) is 76.4 Å². The maximum absolute atomic E-state index is 14.0. The van der Waals surface area contributed by atoms with E-state index in [2.05, 4.69) is 15.6 Å². The molecule has 5 atom stereocenters. The fourth-order valence-corrected chi connectivity index (χ4v) is 7.22. The summed E-state index contributed by atoms with van der Waals surface area (Å²) in [7, 11) is 0. The molecule has 2 heterocycles. The van der Waals surface area contributed by atoms with Gasteiger partial charge in [0.2, 0.25) is 23.6 Å². The lowest BCUT2D eigenvalue weighted by atomic mass is 9.85. The first-order chi connectivity index (χ1) is 25.1. The van der Waals surface area contributed by atoms with Crippen LogP contribution in [0.25, 0.3) is 10.4 Å². The second kappa shape index (κ2) is 19.2. The molecule has 7 N–H and O–H groups in total. The van der Waals surface area contributed by atoms with Crippen molar-refractivity contribution < 1.29 is 29.0 Å². The first kappa shape index (κ1) is 41.6. The van der Waals surface area contributed by atoms with Gasteiger partial charge in [-0.15, -0.1) is 11.3 Å². The van der Waals surface area contributed by atoms with Crippen LogP contribution in [-0.4, -0.2) is 76.0 Å². The summed E-state index contributed by atoms with van der Waals surface area (Å²) in [5.41, 5.74) is 17.4. The fraction of sp³-hybridized carbons (Fsp3) is 0.525. The average Bonchev–Trinajstić information content (AvgIpc) is 3.73. The molecule has 13 heteroatoms. The quantitative estimate of drug-likeness (QED) is 0.119. The number of hydrogen-bond donors (Lipinski definition) is 5. The zero-order chi connectivity index (χ0) is 38.7. The first-order valence-corrected chi connectivity index (χ1v) is 19.3. The van der Waals surface area contributed by atoms with E-state index in [1.165, 1.54) is 4.90 Å². The van der Waals surface area contributed by atoms with Crippen LogP contribution in [0.1, 0.15) is 94.6 Å². The Bertz CT molecular complexity index is 1670. The highest BCUT2D eigenvalue weighted by atomic mass is 32.1. The zero-order valence-electron chi connectivity index (χ0n) is 31.6. The molecule has 0 radical (unpaired) electrons. The third-order valence-corrected chi connectivity index (χ3v) is 10.5. The number of amides is 4. The highest BCUT2D eigenvalue weighted by Gasteiger charge is 2.44. The molecular weight excluding hydrogens is 693 g/mol. The summed E-state index contributed by atoms with van der Waals surface area (Å²) in [5.74, 6) is -1.32. The van der Waals surface area contributed by atoms with Gasteiger partial charge in [0.05, 0.1) is 41.4 Å². The molecule has 4 amide bonds. The number of likely N-dealkylation sites (tertiary alicyclic amines) is 1. The van der Waals surface area contributed by atoms with Crippen LogP contribution in [0.4, 0.5) is 0 Å². The third kappa shape index (κ3) is 12.4. The minimum atomic E-state index is -0.872. The smallest absolute Gasteiger partial charge is 0.246 e. The molecule has 2 aromatic carbocycles. The molecule has 1 saturated heterocycles. The molecule has 1 aliphatic heterocycles. The molecule has 0 saturated carbocycles. The average molecular weight is 749 g/mol. The van der Waals surface area contributed by atoms with Crippen molar-refractivity contribution in [3.63, 3.8) is 0 Å². The zero-order valence-corrected chi connectivity index (χ0v) is 32.4. The van der Waals surface area contributed by atoms with Crippen LogP contribution in [0.5, 0.6) is 0 Å². The lowest BCUT2D eigenvalue weighted by Gasteiger charge is -2.35. The Hall–Kier alpha value is -4.17. The molecule has 288 valence electrons. The van der Waals surface area contributed by atoms with Gasteiger partial charge in [0.1, 0.15) is 12.1 Å². The molecular formula is C40H56N6O6S. The molecule has 4 rings (SSSR count). The maximum Gasteiger partial charge on any atom is 0.246 e. The summed E-state index contributed by atoms with van der Waals surface area (Å²) in [6.45, 7) is 10.3. The Labute approximate surface area is 317 Å². The van der Waals surface area contributed by atoms with Gasteiger partial charge >= 0.3 is 0 Å². The number of β-amino-alcohol motifs (C(OH)–C–C–N with tert-alkyl or cyclic N) is 1. The molecule has 1 unspecified atom stereocenters. The Kier molecular flexibility index (Phi) is 15.1. The lowest BCUT2D eigenvalue weighted by molar-refractivity contribution is -0.144. The number of nitrogens with zero attached hydrogens (tertiary/aromatic N) is 2. The SMILES string of the molecule is Cc1ncsc1-c1ccc([C@H](C)NC(=O)[C@@H]2C[C@@H](O)CN2C(=O)[C@@H](NC(=O)CCCCc2ccc(COCC(N)CCC(N)=O)cc2)C(C)(C)C)cc1. The molecule has 3 aromatic rings. The number of nitrogens with two attached hydrogens (primary N) is 2. The summed E-state index contributed by atoms with van der Waals surface area (Å²) in [4.78, 5) is 58.5. The molecule has 1 aromatic heterocycles. The number of carbonyl (C=O) groups is 4. The molecule has 1 fully saturated rings. The summed E-state index contributed by atoms with van der Waals surface area (Å²) < 4.78 is 5.67. The lowest BCUT2D eigenvalue weighted by Crippen LogP contribution is -2.57. The molecule has 0 spiro atoms. The van der Waals surface area contributed by atoms with Crippen LogP contribution < -0.4 is 22.1 Å². The number of primary amides is 1. The number of carbonyl (C=O) groups excluding carboxylic acids is 4. The van der Waals surface area contributed by atoms with E-state index in [0.717, 1.165) is 45.7 Å². The minimum absolute atomic E-state index is 0.0199. The number of nitrogens with one attached hydrogen (secondary N) is 2. The first-order valence-electron chi connectivity index (χ1n) is 18.4. The van der Waals surface area contributed by atoms with Gasteiger partial charge in [-0.3, -0.25) is 19.2 Å². The Morgan fingerprint density at radius 1 is 1.02 bits per heavy atom. The summed E-state index contributed by atoms with van der Waals surface area (Å²) in [5, 5.41) is 16.6. The van der Waals surface area contributed by atoms with Crippen molar-refractivity contribution in [1.82, 2.24) is 20.5 Å². The number of rotatable bonds is 18. The van der Waals surface area contributed by atoms with Crippen LogP contribution >= 0.6 is 11.3 Å². The number of unbranched alkanes of at least 4 members (excludes halogenated alkanes) is 1. The van der Waals surface area contributed by atoms with Crippen LogP contribution in [0.15, 0.2) is 54.0 Å². The Morgan fingerprint density at radius 2 is 1.70 bits per heavy atom. The third-order valence-electron chi connectivity index (χ3n) is 9.56. The number of aryl methyl sites for hydroxylation is 2. The molecule has 0 aliphatic carbocycles. The number of aliphatic hydroxyl groups excluding tert-OH is 1. The normalized spacial score (nSPS) is 17.6. The van der Waals surface area contributed by atoms with Crippen molar-refractivity contribution >= 4 is 35.0 Å². The van der Waals surface area contributed by atoms with E-state index in [1.807, 2.05) is 88.7 Å². The van der Waals surface area contributed by atoms with Crippen LogP contribution in [0.2, 0.25) is 0 Å². The monoisotopic (exact) mass is 748 g/mol. The predicted octanol–water partition coefficient (Wildman–Crippen LogP) is 4.31. The van der Waals surface area contributed by atoms with E-state index < -0.39 is 23.6 Å². The van der Waals surface area contributed by atoms with Crippen molar-refractivity contribution in [2.75, 3.05) is 13.2 Å². The molecule has 12 nitrogen and oxygen atoms in total. The van der Waals surface area contributed by atoms with Crippen LogP contribution in [-0.2, 0) is 36.9 Å². The van der Waals surface area contributed by atoms with E-state index in [0.29, 0.717) is 26.1 Å². The second-order valence-corrected chi connectivity index (χ2v) is 16.0. The largest absolute Gasteiger partial charge is 0.391 e.